The number of hydrogen-bond donors (Lipinski definition) is 1. The van der Waals surface area contributed by atoms with Gasteiger partial charge in [-0.25, -0.2) is 9.59 Å². The Labute approximate surface area is 643 Å². The monoisotopic (exact) mass is 1520 g/mol. The highest BCUT2D eigenvalue weighted by atomic mass is 32.2. The Balaban J connectivity index is 0.000000193. The molecule has 14 rings (SSSR count). The normalized spacial score (nSPS) is 16.7. The first-order valence-electron chi connectivity index (χ1n) is 35.4. The lowest BCUT2D eigenvalue weighted by molar-refractivity contribution is -0.157. The van der Waals surface area contributed by atoms with E-state index in [1.54, 1.807) is 94.9 Å². The number of rotatable bonds is 28. The summed E-state index contributed by atoms with van der Waals surface area (Å²) in [6.45, 7) is 17.7. The van der Waals surface area contributed by atoms with Crippen LogP contribution >= 0.6 is 23.5 Å². The number of thioether (sulfide) groups is 2. The average molecular weight is 1520 g/mol. The van der Waals surface area contributed by atoms with Gasteiger partial charge >= 0.3 is 11.9 Å². The van der Waals surface area contributed by atoms with Crippen molar-refractivity contribution in [2.75, 3.05) is 54.9 Å². The van der Waals surface area contributed by atoms with Crippen molar-refractivity contribution >= 4 is 69.2 Å². The molecule has 23 heteroatoms. The van der Waals surface area contributed by atoms with Crippen molar-refractivity contribution in [3.8, 4) is 90.9 Å². The van der Waals surface area contributed by atoms with Gasteiger partial charge in [0.15, 0.2) is 33.9 Å². The van der Waals surface area contributed by atoms with E-state index in [9.17, 15) is 33.9 Å². The Hall–Kier alpha value is -11.9. The number of allylic oxidation sites excluding steroid dienone is 2. The molecular formula is C87H80N2O19S2. The van der Waals surface area contributed by atoms with Gasteiger partial charge in [-0.05, 0) is 181 Å². The van der Waals surface area contributed by atoms with Gasteiger partial charge in [-0.1, -0.05) is 86.9 Å². The number of aliphatic hydroxyl groups is 1. The van der Waals surface area contributed by atoms with E-state index in [1.807, 2.05) is 131 Å². The molecule has 6 aliphatic heterocycles. The number of fused-ring (bicyclic) bond motifs is 6. The van der Waals surface area contributed by atoms with E-state index < -0.39 is 24.0 Å². The minimum absolute atomic E-state index is 0.00607. The van der Waals surface area contributed by atoms with Crippen molar-refractivity contribution in [1.29, 1.82) is 0 Å². The van der Waals surface area contributed by atoms with Crippen molar-refractivity contribution < 1.29 is 80.5 Å². The van der Waals surface area contributed by atoms with Gasteiger partial charge in [-0.15, -0.1) is 0 Å². The largest absolute Gasteiger partial charge is 0.497 e. The third kappa shape index (κ3) is 15.6. The summed E-state index contributed by atoms with van der Waals surface area (Å²) >= 11 is 2.81. The van der Waals surface area contributed by atoms with Crippen LogP contribution in [-0.4, -0.2) is 110 Å². The molecule has 5 atom stereocenters. The Bertz CT molecular complexity index is 5120. The summed E-state index contributed by atoms with van der Waals surface area (Å²) in [4.78, 5) is 80.2. The van der Waals surface area contributed by atoms with Crippen LogP contribution in [-0.2, 0) is 41.9 Å². The number of aliphatic hydroxyl groups excluding tert-OH is 1. The topological polar surface area (TPSA) is 248 Å². The number of aryl methyl sites for hydroxylation is 2. The number of hydrogen-bond acceptors (Lipinski definition) is 21. The Morgan fingerprint density at radius 2 is 0.900 bits per heavy atom. The molecule has 2 saturated heterocycles. The Morgan fingerprint density at radius 3 is 1.30 bits per heavy atom. The maximum Gasteiger partial charge on any atom is 0.356 e. The van der Waals surface area contributed by atoms with Gasteiger partial charge in [0.2, 0.25) is 11.8 Å². The van der Waals surface area contributed by atoms with Crippen molar-refractivity contribution in [3.05, 3.63) is 259 Å². The molecule has 2 aliphatic carbocycles. The molecule has 21 nitrogen and oxygen atoms in total. The second kappa shape index (κ2) is 33.3. The quantitative estimate of drug-likeness (QED) is 0.0207. The molecule has 564 valence electrons. The van der Waals surface area contributed by atoms with Gasteiger partial charge in [0.1, 0.15) is 102 Å². The van der Waals surface area contributed by atoms with Gasteiger partial charge in [0, 0.05) is 67.1 Å². The summed E-state index contributed by atoms with van der Waals surface area (Å²) < 4.78 is 69.6. The smallest absolute Gasteiger partial charge is 0.356 e. The predicted octanol–water partition coefficient (Wildman–Crippen LogP) is 15.8. The number of methoxy groups -OCH3 is 4. The van der Waals surface area contributed by atoms with E-state index in [-0.39, 0.29) is 96.3 Å². The van der Waals surface area contributed by atoms with Crippen molar-refractivity contribution in [1.82, 2.24) is 9.80 Å². The highest BCUT2D eigenvalue weighted by molar-refractivity contribution is 8.04. The van der Waals surface area contributed by atoms with Crippen LogP contribution in [0.2, 0.25) is 0 Å². The number of carbonyl (C=O) groups excluding carboxylic acids is 4. The third-order valence-corrected chi connectivity index (χ3v) is 21.8. The van der Waals surface area contributed by atoms with Crippen LogP contribution < -0.4 is 48.8 Å². The van der Waals surface area contributed by atoms with E-state index in [1.165, 1.54) is 52.7 Å². The first kappa shape index (κ1) is 76.3. The lowest BCUT2D eigenvalue weighted by Crippen LogP contribution is -2.60. The number of benzene rings is 8. The highest BCUT2D eigenvalue weighted by Gasteiger charge is 2.58. The number of carbonyl (C=O) groups is 4. The van der Waals surface area contributed by atoms with E-state index in [4.69, 9.17) is 56.2 Å². The molecule has 6 heterocycles. The van der Waals surface area contributed by atoms with Crippen LogP contribution in [0.3, 0.4) is 0 Å². The van der Waals surface area contributed by atoms with Gasteiger partial charge in [0.25, 0.3) is 0 Å². The number of esters is 2. The second-order valence-electron chi connectivity index (χ2n) is 26.6. The molecule has 0 unspecified atom stereocenters. The van der Waals surface area contributed by atoms with Gasteiger partial charge in [-0.2, -0.15) is 0 Å². The van der Waals surface area contributed by atoms with E-state index in [0.717, 1.165) is 77.9 Å². The minimum atomic E-state index is -0.847. The summed E-state index contributed by atoms with van der Waals surface area (Å²) in [5.74, 6) is 3.54. The van der Waals surface area contributed by atoms with Gasteiger partial charge in [-0.3, -0.25) is 29.0 Å². The van der Waals surface area contributed by atoms with E-state index in [0.29, 0.717) is 67.0 Å². The fourth-order valence-electron chi connectivity index (χ4n) is 13.7. The van der Waals surface area contributed by atoms with Crippen LogP contribution in [0.5, 0.6) is 46.0 Å². The first-order valence-corrected chi connectivity index (χ1v) is 37.2. The number of β-lactam (4-membered cyclic amide) rings is 2. The van der Waals surface area contributed by atoms with Crippen LogP contribution in [0.15, 0.2) is 235 Å². The number of amides is 2. The molecule has 110 heavy (non-hydrogen) atoms. The summed E-state index contributed by atoms with van der Waals surface area (Å²) in [6.07, 6.45) is 9.15. The zero-order valence-corrected chi connectivity index (χ0v) is 63.6. The summed E-state index contributed by atoms with van der Waals surface area (Å²) in [6, 6.07) is 44.0. The zero-order chi connectivity index (χ0) is 77.6. The maximum absolute atomic E-state index is 12.9. The Kier molecular flexibility index (Phi) is 23.1. The molecular weight excluding hydrogens is 1440 g/mol. The van der Waals surface area contributed by atoms with Crippen LogP contribution in [0.1, 0.15) is 43.0 Å². The van der Waals surface area contributed by atoms with Gasteiger partial charge in [0.05, 0.1) is 51.8 Å². The second-order valence-corrected chi connectivity index (χ2v) is 28.9. The van der Waals surface area contributed by atoms with Crippen LogP contribution in [0.4, 0.5) is 0 Å². The maximum atomic E-state index is 12.9. The minimum Gasteiger partial charge on any atom is -0.497 e. The molecule has 6 aromatic rings. The predicted molar refractivity (Wildman–Crippen MR) is 422 cm³/mol. The molecule has 8 aliphatic rings. The molecule has 0 bridgehead atoms. The zero-order valence-electron chi connectivity index (χ0n) is 61.9. The Morgan fingerprint density at radius 1 is 0.482 bits per heavy atom. The van der Waals surface area contributed by atoms with Crippen LogP contribution in [0.25, 0.3) is 66.8 Å². The summed E-state index contributed by atoms with van der Waals surface area (Å²) in [7, 11) is 6.40. The molecule has 2 amide bonds. The summed E-state index contributed by atoms with van der Waals surface area (Å²) in [5, 5.41) is 11.3. The lowest BCUT2D eigenvalue weighted by Gasteiger charge is -2.44. The molecule has 0 aromatic heterocycles. The van der Waals surface area contributed by atoms with Crippen LogP contribution in [0, 0.1) is 31.6 Å². The fourth-order valence-corrected chi connectivity index (χ4v) is 16.9. The lowest BCUT2D eigenvalue weighted by atomic mass is 9.86. The third-order valence-electron chi connectivity index (χ3n) is 19.1. The van der Waals surface area contributed by atoms with Gasteiger partial charge < -0.3 is 61.3 Å². The standard InChI is InChI=1S/C44H41NO9S.C43H39NO10S/c1-7-18-52-44(48)41-38(55-43-39(25(2)3)42(47)45(41)43)9-8-19-51-34-17-10-27(21-37(34)50-6)24-53-30-13-16-33-36(23-30)54-35-22-28(46)11-14-32(35)40(33)31-15-12-29(49-5)20-26(31)4;1-6-17-52-43(48)40-37(55-42-38(25(3)45)41(47)44(40)42)8-7-18-51-33-16-9-26(20-36(33)50-5)23-53-29-12-15-32-35(22-29)54-34-21-27(46)10-13-31(34)39(32)30-14-11-28(49-4)19-24(30)2/h7-17,20-23,25,39,43H,1,18-19,24H2,2-6H3;6-16,19-22,25,38,42,45H,1,17-18,23H2,2-5H3/b9-8+;8-7+/t39-,43+;25-,38+,42-/m01/s1. The molecule has 0 spiro atoms. The SMILES string of the molecule is C=CCOC(=O)C1=C(/C=C/COc2ccc(COc3ccc4c(-c5ccc(OC)cc5C)c5ccc(=O)cc-5oc4c3)cc2OC)S[C@@H]2[C@@H](C(C)C)C(=O)N12.C=CCOC(=O)C1=C(/C=C/COc2ccc(COc3ccc4c(-c5ccc(OC)cc5C)c5ccc(=O)cc-5oc4c3)cc2OC)S[C@@H]2[C@@H]([C@@H](C)O)C(=O)N12. The average Bonchev–Trinajstić information content (AvgIpc) is 1.29. The molecule has 0 radical (unpaired) electrons. The van der Waals surface area contributed by atoms with Crippen molar-refractivity contribution in [2.24, 2.45) is 17.8 Å². The fraction of sp³-hybridized carbons (Fsp3) is 0.241. The van der Waals surface area contributed by atoms with Crippen molar-refractivity contribution in [3.63, 3.8) is 0 Å². The summed E-state index contributed by atoms with van der Waals surface area (Å²) in [5.41, 5.74) is 10.6. The van der Waals surface area contributed by atoms with E-state index in [2.05, 4.69) is 13.2 Å². The highest BCUT2D eigenvalue weighted by Crippen LogP contribution is 2.54. The molecule has 6 aromatic carbocycles. The number of ether oxygens (including phenoxy) is 10. The van der Waals surface area contributed by atoms with Crippen molar-refractivity contribution in [2.45, 2.75) is 64.7 Å². The molecule has 0 saturated carbocycles. The number of nitrogens with zero attached hydrogens (tertiary/aromatic N) is 2. The molecule has 1 N–H and O–H groups in total. The molecule has 2 fully saturated rings. The first-order chi connectivity index (χ1) is 53.2. The van der Waals surface area contributed by atoms with E-state index >= 15 is 0 Å².